The van der Waals surface area contributed by atoms with Gasteiger partial charge in [0.1, 0.15) is 10.1 Å². The first-order valence-corrected chi connectivity index (χ1v) is 11.7. The number of carbonyl (C=O) groups is 1. The first-order valence-electron chi connectivity index (χ1n) is 8.82. The maximum atomic E-state index is 12.3. The van der Waals surface area contributed by atoms with E-state index in [2.05, 4.69) is 10.3 Å². The molecule has 0 saturated heterocycles. The summed E-state index contributed by atoms with van der Waals surface area (Å²) >= 11 is 0. The molecule has 0 aromatic heterocycles. The van der Waals surface area contributed by atoms with Crippen molar-refractivity contribution in [1.29, 1.82) is 0 Å². The second-order valence-corrected chi connectivity index (χ2v) is 10.1. The number of hydrogen-bond donors (Lipinski definition) is 0. The third-order valence-electron chi connectivity index (χ3n) is 4.27. The standard InChI is InChI=1S/C18H22N4O7S2.2Na/c1-5-22(17-9-8-14(31(27,28)29)10-15(17)18(23)24)20-19-16-11-13(7-6-12(16)2)30(25,26)21(3)4;;/h6-11H,5H2,1-4H3,(H,23,24)(H,27,28,29);;/q;2*+1/p-2. The molecule has 2 aromatic carbocycles. The molecule has 0 radical (unpaired) electrons. The van der Waals surface area contributed by atoms with E-state index in [0.29, 0.717) is 11.6 Å². The third-order valence-corrected chi connectivity index (χ3v) is 6.92. The fraction of sp³-hybridized carbons (Fsp3) is 0.278. The van der Waals surface area contributed by atoms with Crippen molar-refractivity contribution in [2.45, 2.75) is 23.6 Å². The minimum Gasteiger partial charge on any atom is -0.744 e. The SMILES string of the molecule is CCN(N=Nc1cc(S(=O)(=O)N(C)C)ccc1C)c1ccc(S(=O)(=O)[O-])cc1C(=O)[O-].[Na+].[Na+]. The Labute approximate surface area is 237 Å². The average Bonchev–Trinajstić information content (AvgIpc) is 2.68. The van der Waals surface area contributed by atoms with Gasteiger partial charge in [-0.15, -0.1) is 5.11 Å². The van der Waals surface area contributed by atoms with Crippen molar-refractivity contribution in [3.8, 4) is 0 Å². The van der Waals surface area contributed by atoms with E-state index in [1.165, 1.54) is 26.2 Å². The van der Waals surface area contributed by atoms with Gasteiger partial charge in [-0.3, -0.25) is 0 Å². The van der Waals surface area contributed by atoms with Crippen molar-refractivity contribution < 1.29 is 90.4 Å². The normalized spacial score (nSPS) is 11.7. The molecular weight excluding hydrogens is 494 g/mol. The third kappa shape index (κ3) is 7.82. The van der Waals surface area contributed by atoms with Crippen LogP contribution in [0.15, 0.2) is 56.5 Å². The van der Waals surface area contributed by atoms with Crippen molar-refractivity contribution >= 4 is 37.5 Å². The summed E-state index contributed by atoms with van der Waals surface area (Å²) in [5, 5.41) is 20.7. The Bertz CT molecular complexity index is 1250. The van der Waals surface area contributed by atoms with Crippen LogP contribution in [0.2, 0.25) is 0 Å². The quantitative estimate of drug-likeness (QED) is 0.146. The van der Waals surface area contributed by atoms with Crippen molar-refractivity contribution in [2.75, 3.05) is 25.6 Å². The molecule has 0 aliphatic heterocycles. The number of hydrogen-bond acceptors (Lipinski definition) is 9. The van der Waals surface area contributed by atoms with Gasteiger partial charge in [0.25, 0.3) is 0 Å². The largest absolute Gasteiger partial charge is 1.00 e. The molecule has 0 amide bonds. The molecule has 168 valence electrons. The molecule has 2 rings (SSSR count). The summed E-state index contributed by atoms with van der Waals surface area (Å²) in [5.74, 6) is -1.70. The maximum absolute atomic E-state index is 12.3. The van der Waals surface area contributed by atoms with E-state index in [1.54, 1.807) is 19.9 Å². The Morgan fingerprint density at radius 3 is 2.06 bits per heavy atom. The molecule has 11 nitrogen and oxygen atoms in total. The molecule has 0 bridgehead atoms. The number of sulfonamides is 1. The second-order valence-electron chi connectivity index (χ2n) is 6.56. The van der Waals surface area contributed by atoms with Crippen LogP contribution in [0.25, 0.3) is 0 Å². The van der Waals surface area contributed by atoms with E-state index in [4.69, 9.17) is 0 Å². The topological polar surface area (TPSA) is 163 Å². The summed E-state index contributed by atoms with van der Waals surface area (Å²) in [4.78, 5) is 10.8. The molecule has 15 heteroatoms. The zero-order valence-electron chi connectivity index (χ0n) is 19.1. The number of rotatable bonds is 8. The van der Waals surface area contributed by atoms with Gasteiger partial charge in [-0.2, -0.15) is 0 Å². The minimum atomic E-state index is -4.87. The minimum absolute atomic E-state index is 0. The number of carboxylic acids is 1. The molecule has 0 spiro atoms. The van der Waals surface area contributed by atoms with Crippen LogP contribution in [0, 0.1) is 6.92 Å². The van der Waals surface area contributed by atoms with Crippen LogP contribution < -0.4 is 69.2 Å². The van der Waals surface area contributed by atoms with E-state index in [-0.39, 0.29) is 81.9 Å². The van der Waals surface area contributed by atoms with Crippen molar-refractivity contribution in [1.82, 2.24) is 4.31 Å². The maximum Gasteiger partial charge on any atom is 1.00 e. The molecular formula is C18H20N4Na2O7S2. The fourth-order valence-corrected chi connectivity index (χ4v) is 3.93. The fourth-order valence-electron chi connectivity index (χ4n) is 2.51. The van der Waals surface area contributed by atoms with E-state index in [0.717, 1.165) is 21.4 Å². The van der Waals surface area contributed by atoms with Gasteiger partial charge in [0, 0.05) is 26.2 Å². The number of aryl methyl sites for hydroxylation is 1. The van der Waals surface area contributed by atoms with Crippen LogP contribution in [0.4, 0.5) is 11.4 Å². The van der Waals surface area contributed by atoms with Crippen LogP contribution in [0.3, 0.4) is 0 Å². The van der Waals surface area contributed by atoms with Gasteiger partial charge in [0.2, 0.25) is 10.0 Å². The molecule has 0 aliphatic carbocycles. The predicted octanol–water partition coefficient (Wildman–Crippen LogP) is -4.95. The number of nitrogens with zero attached hydrogens (tertiary/aromatic N) is 4. The first-order chi connectivity index (χ1) is 14.3. The number of benzene rings is 2. The van der Waals surface area contributed by atoms with Crippen molar-refractivity contribution in [3.05, 3.63) is 47.5 Å². The Morgan fingerprint density at radius 1 is 1.00 bits per heavy atom. The Kier molecular flexibility index (Phi) is 12.4. The van der Waals surface area contributed by atoms with Crippen LogP contribution >= 0.6 is 0 Å². The molecule has 0 fully saturated rings. The molecule has 0 aliphatic rings. The molecule has 0 heterocycles. The van der Waals surface area contributed by atoms with Gasteiger partial charge in [-0.1, -0.05) is 11.3 Å². The smallest absolute Gasteiger partial charge is 0.744 e. The number of anilines is 1. The first kappa shape index (κ1) is 32.1. The molecule has 2 aromatic rings. The number of carbonyl (C=O) groups excluding carboxylic acids is 1. The summed E-state index contributed by atoms with van der Waals surface area (Å²) in [6, 6.07) is 7.07. The number of carboxylic acid groups (broad SMARTS) is 1. The van der Waals surface area contributed by atoms with Crippen LogP contribution in [0.1, 0.15) is 22.8 Å². The molecule has 33 heavy (non-hydrogen) atoms. The van der Waals surface area contributed by atoms with E-state index < -0.39 is 36.6 Å². The monoisotopic (exact) mass is 514 g/mol. The Morgan fingerprint density at radius 2 is 1.58 bits per heavy atom. The molecule has 0 unspecified atom stereocenters. The summed E-state index contributed by atoms with van der Waals surface area (Å²) in [6.07, 6.45) is 0. The van der Waals surface area contributed by atoms with Crippen LogP contribution in [0.5, 0.6) is 0 Å². The van der Waals surface area contributed by atoms with Gasteiger partial charge < -0.3 is 14.5 Å². The predicted molar refractivity (Wildman–Crippen MR) is 108 cm³/mol. The summed E-state index contributed by atoms with van der Waals surface area (Å²) in [6.45, 7) is 3.45. The van der Waals surface area contributed by atoms with Crippen molar-refractivity contribution in [3.63, 3.8) is 0 Å². The molecule has 0 saturated carbocycles. The molecule has 0 atom stereocenters. The number of aromatic carboxylic acids is 1. The summed E-state index contributed by atoms with van der Waals surface area (Å²) < 4.78 is 59.3. The van der Waals surface area contributed by atoms with Crippen molar-refractivity contribution in [2.24, 2.45) is 10.3 Å². The van der Waals surface area contributed by atoms with Gasteiger partial charge in [-0.05, 0) is 49.7 Å². The Hall–Kier alpha value is -0.870. The summed E-state index contributed by atoms with van der Waals surface area (Å²) in [7, 11) is -5.79. The van der Waals surface area contributed by atoms with Gasteiger partial charge in [-0.25, -0.2) is 26.1 Å². The molecule has 0 N–H and O–H groups in total. The van der Waals surface area contributed by atoms with E-state index >= 15 is 0 Å². The average molecular weight is 514 g/mol. The van der Waals surface area contributed by atoms with Crippen LogP contribution in [-0.4, -0.2) is 52.3 Å². The van der Waals surface area contributed by atoms with Crippen LogP contribution in [-0.2, 0) is 20.1 Å². The van der Waals surface area contributed by atoms with E-state index in [9.17, 15) is 31.3 Å². The van der Waals surface area contributed by atoms with Gasteiger partial charge in [0.05, 0.1) is 27.1 Å². The second kappa shape index (κ2) is 12.7. The zero-order valence-corrected chi connectivity index (χ0v) is 24.8. The van der Waals surface area contributed by atoms with Gasteiger partial charge in [0.15, 0.2) is 0 Å². The Balaban J connectivity index is 0.00000512. The summed E-state index contributed by atoms with van der Waals surface area (Å²) in [5.41, 5.74) is 0.243. The van der Waals surface area contributed by atoms with E-state index in [1.807, 2.05) is 0 Å². The zero-order chi connectivity index (χ0) is 23.6. The van der Waals surface area contributed by atoms with Gasteiger partial charge >= 0.3 is 59.1 Å².